The predicted octanol–water partition coefficient (Wildman–Crippen LogP) is 5.61. The number of nitrogens with one attached hydrogen (secondary N) is 3. The van der Waals surface area contributed by atoms with Gasteiger partial charge in [0.25, 0.3) is 0 Å². The minimum Gasteiger partial charge on any atom is -0.459 e. The molecule has 2 aliphatic rings. The Kier molecular flexibility index (Phi) is 9.18. The van der Waals surface area contributed by atoms with Gasteiger partial charge in [-0.25, -0.2) is 27.2 Å². The number of thioether (sulfide) groups is 1. The number of rotatable bonds is 9. The second-order valence-electron chi connectivity index (χ2n) is 10.1. The molecule has 39 heavy (non-hydrogen) atoms. The van der Waals surface area contributed by atoms with Gasteiger partial charge in [0.2, 0.25) is 16.0 Å². The Morgan fingerprint density at radius 2 is 2.03 bits per heavy atom. The van der Waals surface area contributed by atoms with Gasteiger partial charge in [-0.1, -0.05) is 24.8 Å². The fourth-order valence-corrected chi connectivity index (χ4v) is 6.12. The molecule has 1 unspecified atom stereocenters. The third-order valence-electron chi connectivity index (χ3n) is 6.57. The van der Waals surface area contributed by atoms with Gasteiger partial charge < -0.3 is 15.4 Å². The first-order valence-electron chi connectivity index (χ1n) is 13.0. The van der Waals surface area contributed by atoms with Crippen LogP contribution in [-0.2, 0) is 10.0 Å². The molecule has 3 N–H and O–H groups in total. The molecule has 212 valence electrons. The number of aromatic nitrogens is 2. The molecule has 12 heteroatoms. The van der Waals surface area contributed by atoms with E-state index in [2.05, 4.69) is 26.4 Å². The normalized spacial score (nSPS) is 22.1. The molecule has 1 saturated heterocycles. The quantitative estimate of drug-likeness (QED) is 0.352. The number of hydrogen-bond acceptors (Lipinski definition) is 8. The van der Waals surface area contributed by atoms with Crippen LogP contribution in [-0.4, -0.2) is 48.9 Å². The lowest BCUT2D eigenvalue weighted by molar-refractivity contribution is 0.254. The highest BCUT2D eigenvalue weighted by Crippen LogP contribution is 2.45. The van der Waals surface area contributed by atoms with Gasteiger partial charge in [-0.15, -0.1) is 0 Å². The lowest BCUT2D eigenvalue weighted by Gasteiger charge is -2.27. The van der Waals surface area contributed by atoms with Crippen molar-refractivity contribution in [2.75, 3.05) is 23.1 Å². The smallest absolute Gasteiger partial charge is 0.235 e. The summed E-state index contributed by atoms with van der Waals surface area (Å²) in [7, 11) is -3.71. The highest BCUT2D eigenvalue weighted by Gasteiger charge is 2.28. The molecule has 2 aliphatic heterocycles. The predicted molar refractivity (Wildman–Crippen MR) is 153 cm³/mol. The first-order chi connectivity index (χ1) is 18.5. The summed E-state index contributed by atoms with van der Waals surface area (Å²) >= 11 is 1.51. The molecule has 8 nitrogen and oxygen atoms in total. The van der Waals surface area contributed by atoms with Crippen LogP contribution in [0.2, 0.25) is 0 Å². The summed E-state index contributed by atoms with van der Waals surface area (Å²) in [4.78, 5) is 10.9. The SMILES string of the molecule is CCC1C=C(C)SC(c2ccnc(N[C@@H]3CNC[C@@H](F)C3)n2)=C1Oc1cc(F)c(NS(=O)(=O)C(C)C)cc1C. The molecule has 0 bridgehead atoms. The van der Waals surface area contributed by atoms with E-state index in [4.69, 9.17) is 9.72 Å². The summed E-state index contributed by atoms with van der Waals surface area (Å²) in [5.74, 6) is 0.494. The summed E-state index contributed by atoms with van der Waals surface area (Å²) in [6, 6.07) is 4.30. The topological polar surface area (TPSA) is 105 Å². The van der Waals surface area contributed by atoms with Gasteiger partial charge >= 0.3 is 0 Å². The van der Waals surface area contributed by atoms with Crippen molar-refractivity contribution < 1.29 is 21.9 Å². The van der Waals surface area contributed by atoms with Gasteiger partial charge in [0.1, 0.15) is 17.7 Å². The number of alkyl halides is 1. The van der Waals surface area contributed by atoms with E-state index in [0.717, 1.165) is 16.2 Å². The van der Waals surface area contributed by atoms with Crippen LogP contribution >= 0.6 is 11.8 Å². The van der Waals surface area contributed by atoms with Gasteiger partial charge in [0.15, 0.2) is 5.82 Å². The minimum atomic E-state index is -3.71. The molecule has 1 fully saturated rings. The molecule has 0 radical (unpaired) electrons. The van der Waals surface area contributed by atoms with Crippen LogP contribution in [0.15, 0.2) is 41.1 Å². The van der Waals surface area contributed by atoms with Gasteiger partial charge in [-0.3, -0.25) is 4.72 Å². The van der Waals surface area contributed by atoms with Crippen molar-refractivity contribution in [3.63, 3.8) is 0 Å². The van der Waals surface area contributed by atoms with Crippen LogP contribution in [0.4, 0.5) is 20.4 Å². The first-order valence-corrected chi connectivity index (χ1v) is 15.4. The summed E-state index contributed by atoms with van der Waals surface area (Å²) in [5.41, 5.74) is 1.09. The number of allylic oxidation sites excluding steroid dienone is 2. The van der Waals surface area contributed by atoms with Crippen molar-refractivity contribution in [3.05, 3.63) is 58.2 Å². The van der Waals surface area contributed by atoms with Crippen LogP contribution in [0, 0.1) is 18.7 Å². The average Bonchev–Trinajstić information content (AvgIpc) is 2.87. The zero-order valence-electron chi connectivity index (χ0n) is 22.7. The van der Waals surface area contributed by atoms with E-state index >= 15 is 4.39 Å². The molecular weight excluding hydrogens is 544 g/mol. The Bertz CT molecular complexity index is 1380. The maximum atomic E-state index is 15.0. The highest BCUT2D eigenvalue weighted by molar-refractivity contribution is 8.11. The highest BCUT2D eigenvalue weighted by atomic mass is 32.2. The molecule has 0 saturated carbocycles. The summed E-state index contributed by atoms with van der Waals surface area (Å²) in [6.07, 6.45) is 3.95. The van der Waals surface area contributed by atoms with Crippen molar-refractivity contribution in [1.29, 1.82) is 0 Å². The molecule has 3 heterocycles. The van der Waals surface area contributed by atoms with E-state index in [9.17, 15) is 12.8 Å². The molecule has 4 rings (SSSR count). The number of anilines is 2. The van der Waals surface area contributed by atoms with E-state index in [0.29, 0.717) is 42.5 Å². The summed E-state index contributed by atoms with van der Waals surface area (Å²) < 4.78 is 62.2. The minimum absolute atomic E-state index is 0.0796. The molecular formula is C27H35F2N5O3S2. The number of piperidine rings is 1. The fourth-order valence-electron chi connectivity index (χ4n) is 4.35. The molecule has 3 atom stereocenters. The van der Waals surface area contributed by atoms with Crippen LogP contribution < -0.4 is 20.1 Å². The summed E-state index contributed by atoms with van der Waals surface area (Å²) in [6.45, 7) is 9.81. The first kappa shape index (κ1) is 29.3. The molecule has 1 aromatic carbocycles. The Morgan fingerprint density at radius 3 is 2.72 bits per heavy atom. The summed E-state index contributed by atoms with van der Waals surface area (Å²) in [5, 5.41) is 5.58. The Morgan fingerprint density at radius 1 is 1.26 bits per heavy atom. The zero-order valence-corrected chi connectivity index (χ0v) is 24.3. The fraction of sp³-hybridized carbons (Fsp3) is 0.481. The molecule has 1 aromatic heterocycles. The van der Waals surface area contributed by atoms with E-state index in [-0.39, 0.29) is 23.4 Å². The second kappa shape index (κ2) is 12.2. The lowest BCUT2D eigenvalue weighted by Crippen LogP contribution is -2.44. The van der Waals surface area contributed by atoms with Crippen molar-refractivity contribution in [2.45, 2.75) is 64.9 Å². The number of halogens is 2. The zero-order chi connectivity index (χ0) is 28.3. The lowest BCUT2D eigenvalue weighted by atomic mass is 10.0. The van der Waals surface area contributed by atoms with Gasteiger partial charge in [0, 0.05) is 43.7 Å². The van der Waals surface area contributed by atoms with Crippen LogP contribution in [0.25, 0.3) is 4.91 Å². The Labute approximate surface area is 233 Å². The van der Waals surface area contributed by atoms with Crippen LogP contribution in [0.5, 0.6) is 5.75 Å². The van der Waals surface area contributed by atoms with E-state index in [1.165, 1.54) is 37.7 Å². The van der Waals surface area contributed by atoms with Crippen LogP contribution in [0.1, 0.15) is 51.8 Å². The molecule has 0 spiro atoms. The van der Waals surface area contributed by atoms with Gasteiger partial charge in [-0.05, 0) is 56.7 Å². The van der Waals surface area contributed by atoms with Crippen molar-refractivity contribution in [2.24, 2.45) is 5.92 Å². The number of nitrogens with zero attached hydrogens (tertiary/aromatic N) is 2. The third kappa shape index (κ3) is 7.09. The maximum Gasteiger partial charge on any atom is 0.235 e. The molecule has 0 aliphatic carbocycles. The number of benzene rings is 1. The Hall–Kier alpha value is -2.70. The number of ether oxygens (including phenoxy) is 1. The van der Waals surface area contributed by atoms with Gasteiger partial charge in [0.05, 0.1) is 21.5 Å². The maximum absolute atomic E-state index is 15.0. The van der Waals surface area contributed by atoms with Gasteiger partial charge in [-0.2, -0.15) is 0 Å². The Balaban J connectivity index is 1.67. The largest absolute Gasteiger partial charge is 0.459 e. The van der Waals surface area contributed by atoms with E-state index < -0.39 is 27.3 Å². The molecule has 0 amide bonds. The van der Waals surface area contributed by atoms with E-state index in [1.807, 2.05) is 13.8 Å². The van der Waals surface area contributed by atoms with Crippen molar-refractivity contribution in [3.8, 4) is 5.75 Å². The number of aryl methyl sites for hydroxylation is 1. The monoisotopic (exact) mass is 579 g/mol. The second-order valence-corrected chi connectivity index (χ2v) is 13.6. The van der Waals surface area contributed by atoms with Crippen LogP contribution in [0.3, 0.4) is 0 Å². The number of sulfonamides is 1. The average molecular weight is 580 g/mol. The third-order valence-corrected chi connectivity index (χ3v) is 9.39. The van der Waals surface area contributed by atoms with Crippen molar-refractivity contribution in [1.82, 2.24) is 15.3 Å². The van der Waals surface area contributed by atoms with Crippen molar-refractivity contribution >= 4 is 38.3 Å². The number of hydrogen-bond donors (Lipinski definition) is 3. The molecule has 2 aromatic rings. The standard InChI is InChI=1S/C27H35F2N5O3S2/c1-6-18-10-17(5)38-26(22-7-8-31-27(33-22)32-20-11-19(28)13-30-14-20)25(18)37-24-12-21(29)23(9-16(24)4)34-39(35,36)15(2)3/h7-10,12,15,18-20,30,34H,6,11,13-14H2,1-5H3,(H,31,32,33)/t18?,19-,20-/m0/s1. The van der Waals surface area contributed by atoms with E-state index in [1.54, 1.807) is 19.2 Å².